The first kappa shape index (κ1) is 20.2. The fraction of sp³-hybridized carbons (Fsp3) is 0.733. The Labute approximate surface area is 146 Å². The van der Waals surface area contributed by atoms with E-state index >= 15 is 0 Å². The van der Waals surface area contributed by atoms with E-state index < -0.39 is 0 Å². The van der Waals surface area contributed by atoms with Crippen LogP contribution < -0.4 is 10.6 Å². The van der Waals surface area contributed by atoms with Gasteiger partial charge in [0.15, 0.2) is 5.96 Å². The standard InChI is InChI=1S/C15H29N5.HI/c1-4-16-15(17-9-5-8-14(2)3)18-10-6-12-20-13-7-11-19-20;/h7,11,13-14H,4-6,8-10,12H2,1-3H3,(H2,16,17,18);1H. The van der Waals surface area contributed by atoms with Gasteiger partial charge in [-0.15, -0.1) is 24.0 Å². The second-order valence-corrected chi connectivity index (χ2v) is 5.35. The van der Waals surface area contributed by atoms with Gasteiger partial charge in [0.1, 0.15) is 0 Å². The van der Waals surface area contributed by atoms with Crippen LogP contribution in [0.3, 0.4) is 0 Å². The fourth-order valence-corrected chi connectivity index (χ4v) is 1.92. The third-order valence-corrected chi connectivity index (χ3v) is 2.97. The number of nitrogens with one attached hydrogen (secondary N) is 2. The lowest BCUT2D eigenvalue weighted by atomic mass is 10.1. The Hall–Kier alpha value is -0.790. The lowest BCUT2D eigenvalue weighted by Crippen LogP contribution is -2.38. The van der Waals surface area contributed by atoms with Gasteiger partial charge in [0.25, 0.3) is 0 Å². The third-order valence-electron chi connectivity index (χ3n) is 2.97. The van der Waals surface area contributed by atoms with Gasteiger partial charge in [0, 0.05) is 38.6 Å². The number of hydrogen-bond acceptors (Lipinski definition) is 2. The van der Waals surface area contributed by atoms with Crippen molar-refractivity contribution in [1.29, 1.82) is 0 Å². The minimum atomic E-state index is 0. The zero-order valence-electron chi connectivity index (χ0n) is 13.5. The minimum Gasteiger partial charge on any atom is -0.357 e. The van der Waals surface area contributed by atoms with Crippen LogP contribution in [0.4, 0.5) is 0 Å². The first-order chi connectivity index (χ1) is 9.72. The number of halogens is 1. The molecule has 0 aliphatic heterocycles. The zero-order valence-corrected chi connectivity index (χ0v) is 15.8. The van der Waals surface area contributed by atoms with Gasteiger partial charge < -0.3 is 10.6 Å². The molecule has 0 saturated heterocycles. The first-order valence-electron chi connectivity index (χ1n) is 7.72. The largest absolute Gasteiger partial charge is 0.357 e. The molecule has 6 heteroatoms. The number of aliphatic imine (C=N–C) groups is 1. The molecular formula is C15H30IN5. The molecule has 0 aromatic carbocycles. The predicted molar refractivity (Wildman–Crippen MR) is 100 cm³/mol. The van der Waals surface area contributed by atoms with Crippen LogP contribution in [0, 0.1) is 5.92 Å². The number of nitrogens with zero attached hydrogens (tertiary/aromatic N) is 3. The van der Waals surface area contributed by atoms with Crippen molar-refractivity contribution in [3.05, 3.63) is 18.5 Å². The number of aryl methyl sites for hydroxylation is 1. The maximum atomic E-state index is 4.58. The molecule has 0 unspecified atom stereocenters. The van der Waals surface area contributed by atoms with E-state index in [2.05, 4.69) is 41.5 Å². The van der Waals surface area contributed by atoms with E-state index in [0.29, 0.717) is 0 Å². The molecule has 0 atom stereocenters. The van der Waals surface area contributed by atoms with Gasteiger partial charge in [-0.2, -0.15) is 5.10 Å². The molecule has 2 N–H and O–H groups in total. The summed E-state index contributed by atoms with van der Waals surface area (Å²) in [5, 5.41) is 10.9. The summed E-state index contributed by atoms with van der Waals surface area (Å²) in [6.45, 7) is 10.2. The van der Waals surface area contributed by atoms with Crippen molar-refractivity contribution in [2.75, 3.05) is 19.6 Å². The van der Waals surface area contributed by atoms with Crippen LogP contribution in [0.1, 0.15) is 40.0 Å². The van der Waals surface area contributed by atoms with E-state index in [-0.39, 0.29) is 24.0 Å². The fourth-order valence-electron chi connectivity index (χ4n) is 1.92. The molecule has 0 spiro atoms. The van der Waals surface area contributed by atoms with Crippen LogP contribution >= 0.6 is 24.0 Å². The Kier molecular flexibility index (Phi) is 12.4. The van der Waals surface area contributed by atoms with Crippen LogP contribution in [0.25, 0.3) is 0 Å². The molecule has 0 fully saturated rings. The number of guanidine groups is 1. The quantitative estimate of drug-likeness (QED) is 0.287. The van der Waals surface area contributed by atoms with E-state index in [0.717, 1.165) is 44.5 Å². The van der Waals surface area contributed by atoms with E-state index in [9.17, 15) is 0 Å². The highest BCUT2D eigenvalue weighted by Gasteiger charge is 1.98. The highest BCUT2D eigenvalue weighted by molar-refractivity contribution is 14.0. The van der Waals surface area contributed by atoms with Crippen molar-refractivity contribution in [3.8, 4) is 0 Å². The first-order valence-corrected chi connectivity index (χ1v) is 7.72. The maximum absolute atomic E-state index is 4.58. The molecular weight excluding hydrogens is 377 g/mol. The third kappa shape index (κ3) is 10.6. The monoisotopic (exact) mass is 407 g/mol. The second-order valence-electron chi connectivity index (χ2n) is 5.35. The molecule has 0 amide bonds. The van der Waals surface area contributed by atoms with E-state index in [1.807, 2.05) is 23.1 Å². The summed E-state index contributed by atoms with van der Waals surface area (Å²) in [6, 6.07) is 1.95. The summed E-state index contributed by atoms with van der Waals surface area (Å²) in [7, 11) is 0. The van der Waals surface area contributed by atoms with Crippen LogP contribution in [-0.4, -0.2) is 35.4 Å². The highest BCUT2D eigenvalue weighted by atomic mass is 127. The summed E-state index contributed by atoms with van der Waals surface area (Å²) < 4.78 is 1.94. The van der Waals surface area contributed by atoms with Gasteiger partial charge in [0.2, 0.25) is 0 Å². The molecule has 21 heavy (non-hydrogen) atoms. The molecule has 122 valence electrons. The van der Waals surface area contributed by atoms with Gasteiger partial charge in [-0.05, 0) is 38.2 Å². The Morgan fingerprint density at radius 3 is 2.71 bits per heavy atom. The molecule has 1 aromatic heterocycles. The van der Waals surface area contributed by atoms with Gasteiger partial charge >= 0.3 is 0 Å². The van der Waals surface area contributed by atoms with Gasteiger partial charge in [0.05, 0.1) is 0 Å². The highest BCUT2D eigenvalue weighted by Crippen LogP contribution is 2.01. The minimum absolute atomic E-state index is 0. The second kappa shape index (κ2) is 12.9. The molecule has 1 aromatic rings. The van der Waals surface area contributed by atoms with Crippen LogP contribution in [0.15, 0.2) is 23.5 Å². The molecule has 0 saturated carbocycles. The molecule has 0 aliphatic rings. The van der Waals surface area contributed by atoms with Gasteiger partial charge in [-0.1, -0.05) is 13.8 Å². The summed E-state index contributed by atoms with van der Waals surface area (Å²) >= 11 is 0. The van der Waals surface area contributed by atoms with Crippen molar-refractivity contribution in [3.63, 3.8) is 0 Å². The van der Waals surface area contributed by atoms with Crippen LogP contribution in [0.2, 0.25) is 0 Å². The lowest BCUT2D eigenvalue weighted by Gasteiger charge is -2.12. The Morgan fingerprint density at radius 2 is 2.10 bits per heavy atom. The molecule has 0 radical (unpaired) electrons. The smallest absolute Gasteiger partial charge is 0.191 e. The van der Waals surface area contributed by atoms with E-state index in [1.165, 1.54) is 12.8 Å². The molecule has 0 bridgehead atoms. The van der Waals surface area contributed by atoms with E-state index in [1.54, 1.807) is 0 Å². The SMILES string of the molecule is CCNC(=NCCCn1cccn1)NCCCC(C)C.I. The number of aromatic nitrogens is 2. The number of rotatable bonds is 9. The van der Waals surface area contributed by atoms with Crippen molar-refractivity contribution in [1.82, 2.24) is 20.4 Å². The Bertz CT molecular complexity index is 362. The zero-order chi connectivity index (χ0) is 14.6. The summed E-state index contributed by atoms with van der Waals surface area (Å²) in [5.74, 6) is 1.70. The normalized spacial score (nSPS) is 11.3. The molecule has 1 heterocycles. The summed E-state index contributed by atoms with van der Waals surface area (Å²) in [5.41, 5.74) is 0. The van der Waals surface area contributed by atoms with Crippen LogP contribution in [0.5, 0.6) is 0 Å². The summed E-state index contributed by atoms with van der Waals surface area (Å²) in [6.07, 6.45) is 7.24. The van der Waals surface area contributed by atoms with Gasteiger partial charge in [-0.25, -0.2) is 0 Å². The molecule has 5 nitrogen and oxygen atoms in total. The Morgan fingerprint density at radius 1 is 1.29 bits per heavy atom. The van der Waals surface area contributed by atoms with Crippen LogP contribution in [-0.2, 0) is 6.54 Å². The topological polar surface area (TPSA) is 54.2 Å². The van der Waals surface area contributed by atoms with Crippen molar-refractivity contribution < 1.29 is 0 Å². The van der Waals surface area contributed by atoms with Gasteiger partial charge in [-0.3, -0.25) is 9.67 Å². The average Bonchev–Trinajstić information content (AvgIpc) is 2.92. The van der Waals surface area contributed by atoms with Crippen molar-refractivity contribution in [2.45, 2.75) is 46.6 Å². The molecule has 1 rings (SSSR count). The summed E-state index contributed by atoms with van der Waals surface area (Å²) in [4.78, 5) is 4.58. The number of hydrogen-bond donors (Lipinski definition) is 2. The van der Waals surface area contributed by atoms with E-state index in [4.69, 9.17) is 0 Å². The van der Waals surface area contributed by atoms with Crippen molar-refractivity contribution >= 4 is 29.9 Å². The average molecular weight is 407 g/mol. The van der Waals surface area contributed by atoms with Crippen molar-refractivity contribution in [2.24, 2.45) is 10.9 Å². The predicted octanol–water partition coefficient (Wildman–Crippen LogP) is 2.88. The lowest BCUT2D eigenvalue weighted by molar-refractivity contribution is 0.548. The Balaban J connectivity index is 0.00000400. The molecule has 0 aliphatic carbocycles. The maximum Gasteiger partial charge on any atom is 0.191 e.